The van der Waals surface area contributed by atoms with Gasteiger partial charge in [-0.15, -0.1) is 0 Å². The molecule has 0 unspecified atom stereocenters. The van der Waals surface area contributed by atoms with Gasteiger partial charge in [0.25, 0.3) is 5.91 Å². The number of benzene rings is 2. The van der Waals surface area contributed by atoms with Crippen LogP contribution < -0.4 is 15.8 Å². The number of fused-ring (bicyclic) bond motifs is 1. The van der Waals surface area contributed by atoms with Crippen LogP contribution in [0.2, 0.25) is 0 Å². The van der Waals surface area contributed by atoms with Gasteiger partial charge in [0, 0.05) is 31.7 Å². The lowest BCUT2D eigenvalue weighted by Crippen LogP contribution is -2.68. The second-order valence-electron chi connectivity index (χ2n) is 7.99. The third kappa shape index (κ3) is 3.28. The maximum Gasteiger partial charge on any atom is 0.253 e. The van der Waals surface area contributed by atoms with Gasteiger partial charge in [-0.2, -0.15) is 0 Å². The number of anilines is 1. The van der Waals surface area contributed by atoms with Gasteiger partial charge in [0.1, 0.15) is 11.3 Å². The van der Waals surface area contributed by atoms with Crippen LogP contribution in [0.4, 0.5) is 5.69 Å². The van der Waals surface area contributed by atoms with Gasteiger partial charge in [-0.1, -0.05) is 18.2 Å². The van der Waals surface area contributed by atoms with Crippen molar-refractivity contribution in [3.8, 4) is 16.9 Å². The average molecular weight is 408 g/mol. The molecule has 0 atom stereocenters. The maximum absolute atomic E-state index is 12.9. The average Bonchev–Trinajstić information content (AvgIpc) is 3.24. The van der Waals surface area contributed by atoms with Gasteiger partial charge in [0.2, 0.25) is 5.91 Å². The molecule has 0 saturated carbocycles. The number of carbonyl (C=O) groups excluding carboxylic acids is 2. The summed E-state index contributed by atoms with van der Waals surface area (Å²) >= 11 is 0. The minimum absolute atomic E-state index is 0.0212. The Morgan fingerprint density at radius 2 is 1.60 bits per heavy atom. The number of hydrogen-bond donors (Lipinski definition) is 2. The molecule has 30 heavy (non-hydrogen) atoms. The van der Waals surface area contributed by atoms with E-state index in [1.165, 1.54) is 0 Å². The number of nitrogens with zero attached hydrogens (tertiary/aromatic N) is 2. The molecule has 0 radical (unpaired) electrons. The number of nitrogens with two attached hydrogens (primary N) is 1. The van der Waals surface area contributed by atoms with Gasteiger partial charge in [-0.05, 0) is 35.4 Å². The highest BCUT2D eigenvalue weighted by Gasteiger charge is 2.45. The highest BCUT2D eigenvalue weighted by molar-refractivity contribution is 5.95. The topological polar surface area (TPSA) is 97.1 Å². The van der Waals surface area contributed by atoms with Crippen LogP contribution in [0.25, 0.3) is 11.1 Å². The molecule has 3 aliphatic rings. The standard InChI is InChI=1S/C22H24N4O4/c23-22(12-29-13-22)21(28)26-9-7-25(8-10-26)20(27)16-3-1-15(2-4-16)17-5-6-19-18(11-17)24-14-30-19/h1-6,11,24H,7-10,12-14,23H2. The first kappa shape index (κ1) is 18.9. The molecule has 2 saturated heterocycles. The highest BCUT2D eigenvalue weighted by Crippen LogP contribution is 2.33. The normalized spacial score (nSPS) is 19.4. The molecular formula is C22H24N4O4. The smallest absolute Gasteiger partial charge is 0.253 e. The number of amides is 2. The molecule has 0 spiro atoms. The van der Waals surface area contributed by atoms with Crippen LogP contribution in [0.5, 0.6) is 5.75 Å². The van der Waals surface area contributed by atoms with Gasteiger partial charge >= 0.3 is 0 Å². The first-order chi connectivity index (χ1) is 14.5. The summed E-state index contributed by atoms with van der Waals surface area (Å²) in [5, 5.41) is 3.19. The van der Waals surface area contributed by atoms with Crippen molar-refractivity contribution >= 4 is 17.5 Å². The Hall–Kier alpha value is -3.10. The Bertz CT molecular complexity index is 979. The lowest BCUT2D eigenvalue weighted by atomic mass is 9.96. The van der Waals surface area contributed by atoms with Crippen molar-refractivity contribution in [2.24, 2.45) is 5.73 Å². The van der Waals surface area contributed by atoms with Crippen molar-refractivity contribution in [3.05, 3.63) is 48.0 Å². The summed E-state index contributed by atoms with van der Waals surface area (Å²) in [6.45, 7) is 3.01. The van der Waals surface area contributed by atoms with Gasteiger partial charge in [-0.25, -0.2) is 0 Å². The van der Waals surface area contributed by atoms with E-state index < -0.39 is 5.54 Å². The quantitative estimate of drug-likeness (QED) is 0.790. The van der Waals surface area contributed by atoms with Gasteiger partial charge in [0.15, 0.2) is 6.73 Å². The van der Waals surface area contributed by atoms with Crippen molar-refractivity contribution in [2.75, 3.05) is 51.4 Å². The molecule has 8 heteroatoms. The Balaban J connectivity index is 1.22. The first-order valence-corrected chi connectivity index (χ1v) is 10.1. The van der Waals surface area contributed by atoms with Gasteiger partial charge in [0.05, 0.1) is 18.9 Å². The fourth-order valence-electron chi connectivity index (χ4n) is 4.03. The third-order valence-electron chi connectivity index (χ3n) is 5.93. The molecule has 0 aliphatic carbocycles. The van der Waals surface area contributed by atoms with Crippen LogP contribution >= 0.6 is 0 Å². The molecule has 3 heterocycles. The molecule has 2 fully saturated rings. The summed E-state index contributed by atoms with van der Waals surface area (Å²) in [6.07, 6.45) is 0. The number of ether oxygens (including phenoxy) is 2. The first-order valence-electron chi connectivity index (χ1n) is 10.1. The Labute approximate surface area is 174 Å². The fourth-order valence-corrected chi connectivity index (χ4v) is 4.03. The van der Waals surface area contributed by atoms with Crippen molar-refractivity contribution in [1.82, 2.24) is 9.80 Å². The molecule has 156 valence electrons. The molecule has 8 nitrogen and oxygen atoms in total. The fraction of sp³-hybridized carbons (Fsp3) is 0.364. The largest absolute Gasteiger partial charge is 0.471 e. The van der Waals surface area contributed by atoms with E-state index >= 15 is 0 Å². The molecule has 2 amide bonds. The monoisotopic (exact) mass is 408 g/mol. The molecule has 0 bridgehead atoms. The van der Waals surface area contributed by atoms with Crippen LogP contribution in [0.1, 0.15) is 10.4 Å². The summed E-state index contributed by atoms with van der Waals surface area (Å²) in [6, 6.07) is 13.6. The van der Waals surface area contributed by atoms with Crippen LogP contribution in [-0.2, 0) is 9.53 Å². The zero-order chi connectivity index (χ0) is 20.7. The third-order valence-corrected chi connectivity index (χ3v) is 5.93. The number of nitrogens with one attached hydrogen (secondary N) is 1. The Morgan fingerprint density at radius 1 is 0.933 bits per heavy atom. The summed E-state index contributed by atoms with van der Waals surface area (Å²) in [7, 11) is 0. The van der Waals surface area contributed by atoms with Crippen molar-refractivity contribution < 1.29 is 19.1 Å². The lowest BCUT2D eigenvalue weighted by Gasteiger charge is -2.43. The number of piperazine rings is 1. The number of hydrogen-bond acceptors (Lipinski definition) is 6. The maximum atomic E-state index is 12.9. The van der Waals surface area contributed by atoms with E-state index in [1.54, 1.807) is 9.80 Å². The van der Waals surface area contributed by atoms with E-state index in [4.69, 9.17) is 15.2 Å². The molecular weight excluding hydrogens is 384 g/mol. The van der Waals surface area contributed by atoms with Gasteiger partial charge < -0.3 is 30.3 Å². The van der Waals surface area contributed by atoms with E-state index in [0.717, 1.165) is 22.6 Å². The molecule has 0 aromatic heterocycles. The van der Waals surface area contributed by atoms with E-state index in [9.17, 15) is 9.59 Å². The second kappa shape index (κ2) is 7.30. The minimum Gasteiger partial charge on any atom is -0.471 e. The van der Waals surface area contributed by atoms with Crippen molar-refractivity contribution in [3.63, 3.8) is 0 Å². The van der Waals surface area contributed by atoms with Crippen molar-refractivity contribution in [1.29, 1.82) is 0 Å². The van der Waals surface area contributed by atoms with Crippen LogP contribution in [0, 0.1) is 0 Å². The predicted molar refractivity (Wildman–Crippen MR) is 111 cm³/mol. The molecule has 2 aromatic rings. The van der Waals surface area contributed by atoms with E-state index in [-0.39, 0.29) is 25.0 Å². The van der Waals surface area contributed by atoms with E-state index in [2.05, 4.69) is 5.32 Å². The summed E-state index contributed by atoms with van der Waals surface area (Å²) < 4.78 is 10.5. The molecule has 5 rings (SSSR count). The number of rotatable bonds is 3. The summed E-state index contributed by atoms with van der Waals surface area (Å²) in [5.74, 6) is 0.750. The van der Waals surface area contributed by atoms with Gasteiger partial charge in [-0.3, -0.25) is 9.59 Å². The zero-order valence-electron chi connectivity index (χ0n) is 16.6. The Morgan fingerprint density at radius 3 is 2.27 bits per heavy atom. The molecule has 3 N–H and O–H groups in total. The zero-order valence-corrected chi connectivity index (χ0v) is 16.6. The molecule has 2 aromatic carbocycles. The molecule has 3 aliphatic heterocycles. The van der Waals surface area contributed by atoms with Crippen LogP contribution in [0.3, 0.4) is 0 Å². The van der Waals surface area contributed by atoms with E-state index in [1.807, 2.05) is 42.5 Å². The SMILES string of the molecule is NC1(C(=O)N2CCN(C(=O)c3ccc(-c4ccc5c(c4)NCO5)cc3)CC2)COC1. The highest BCUT2D eigenvalue weighted by atomic mass is 16.5. The summed E-state index contributed by atoms with van der Waals surface area (Å²) in [5.41, 5.74) is 8.88. The lowest BCUT2D eigenvalue weighted by molar-refractivity contribution is -0.155. The predicted octanol–water partition coefficient (Wildman–Crippen LogP) is 1.13. The summed E-state index contributed by atoms with van der Waals surface area (Å²) in [4.78, 5) is 28.9. The Kier molecular flexibility index (Phi) is 4.60. The second-order valence-corrected chi connectivity index (χ2v) is 7.99. The van der Waals surface area contributed by atoms with Crippen LogP contribution in [-0.4, -0.2) is 73.3 Å². The number of carbonyl (C=O) groups is 2. The van der Waals surface area contributed by atoms with Crippen molar-refractivity contribution in [2.45, 2.75) is 5.54 Å². The minimum atomic E-state index is -0.888. The van der Waals surface area contributed by atoms with Crippen LogP contribution in [0.15, 0.2) is 42.5 Å². The van der Waals surface area contributed by atoms with E-state index in [0.29, 0.717) is 38.5 Å².